The van der Waals surface area contributed by atoms with Gasteiger partial charge < -0.3 is 28.8 Å². The zero-order chi connectivity index (χ0) is 52.7. The molecule has 72 heavy (non-hydrogen) atoms. The second-order valence-corrected chi connectivity index (χ2v) is 23.1. The van der Waals surface area contributed by atoms with Crippen molar-refractivity contribution in [1.82, 2.24) is 5.32 Å². The van der Waals surface area contributed by atoms with Crippen LogP contribution in [0.25, 0.3) is 0 Å². The molecule has 0 rings (SSSR count). The van der Waals surface area contributed by atoms with Gasteiger partial charge in [0, 0.05) is 6.42 Å². The fourth-order valence-electron chi connectivity index (χ4n) is 8.60. The van der Waals surface area contributed by atoms with Crippen LogP contribution in [0, 0.1) is 0 Å². The van der Waals surface area contributed by atoms with E-state index in [9.17, 15) is 19.4 Å². The van der Waals surface area contributed by atoms with Gasteiger partial charge in [0.1, 0.15) is 13.2 Å². The number of likely N-dealkylation sites (N-methyl/N-ethyl adjacent to an activating group) is 1. The van der Waals surface area contributed by atoms with Gasteiger partial charge in [0.2, 0.25) is 5.91 Å². The predicted molar refractivity (Wildman–Crippen MR) is 311 cm³/mol. The number of phosphoric acid groups is 1. The highest BCUT2D eigenvalue weighted by atomic mass is 31.2. The average molecular weight is 1030 g/mol. The lowest BCUT2D eigenvalue weighted by atomic mass is 10.0. The summed E-state index contributed by atoms with van der Waals surface area (Å²) in [6.07, 6.45) is 74.2. The summed E-state index contributed by atoms with van der Waals surface area (Å²) < 4.78 is 23.4. The van der Waals surface area contributed by atoms with Crippen LogP contribution in [0.2, 0.25) is 0 Å². The number of carbonyl (C=O) groups is 1. The van der Waals surface area contributed by atoms with Gasteiger partial charge in [-0.15, -0.1) is 0 Å². The van der Waals surface area contributed by atoms with Crippen LogP contribution < -0.4 is 10.2 Å². The highest BCUT2D eigenvalue weighted by molar-refractivity contribution is 7.45. The van der Waals surface area contributed by atoms with Crippen LogP contribution in [-0.4, -0.2) is 68.5 Å². The number of aliphatic hydroxyl groups is 1. The zero-order valence-corrected chi connectivity index (χ0v) is 48.8. The molecule has 8 nitrogen and oxygen atoms in total. The number of phosphoric ester groups is 1. The fourth-order valence-corrected chi connectivity index (χ4v) is 9.33. The minimum absolute atomic E-state index is 0.0124. The Bertz CT molecular complexity index is 1400. The van der Waals surface area contributed by atoms with Crippen LogP contribution in [0.1, 0.15) is 271 Å². The molecule has 0 fully saturated rings. The Balaban J connectivity index is 4.28. The molecule has 0 saturated carbocycles. The van der Waals surface area contributed by atoms with Crippen molar-refractivity contribution in [3.63, 3.8) is 0 Å². The lowest BCUT2D eigenvalue weighted by Crippen LogP contribution is -2.45. The molecule has 9 heteroatoms. The zero-order valence-electron chi connectivity index (χ0n) is 47.9. The van der Waals surface area contributed by atoms with Crippen LogP contribution in [0.4, 0.5) is 0 Å². The molecule has 0 bridgehead atoms. The molecule has 0 aromatic heterocycles. The van der Waals surface area contributed by atoms with E-state index in [1.807, 2.05) is 27.2 Å². The molecule has 420 valence electrons. The molecule has 1 amide bonds. The van der Waals surface area contributed by atoms with Crippen LogP contribution >= 0.6 is 7.82 Å². The molecule has 0 saturated heterocycles. The third-order valence-electron chi connectivity index (χ3n) is 13.4. The van der Waals surface area contributed by atoms with Gasteiger partial charge in [-0.2, -0.15) is 0 Å². The monoisotopic (exact) mass is 1030 g/mol. The molecule has 0 aromatic rings. The Morgan fingerprint density at radius 2 is 0.819 bits per heavy atom. The number of quaternary nitrogens is 1. The van der Waals surface area contributed by atoms with E-state index in [2.05, 4.69) is 79.9 Å². The Hall–Kier alpha value is -2.06. The third kappa shape index (κ3) is 55.7. The number of hydrogen-bond acceptors (Lipinski definition) is 6. The summed E-state index contributed by atoms with van der Waals surface area (Å²) in [5.41, 5.74) is 0. The summed E-state index contributed by atoms with van der Waals surface area (Å²) in [6.45, 7) is 4.62. The van der Waals surface area contributed by atoms with Crippen molar-refractivity contribution < 1.29 is 32.9 Å². The first-order valence-electron chi connectivity index (χ1n) is 30.3. The van der Waals surface area contributed by atoms with E-state index in [1.54, 1.807) is 6.08 Å². The first-order chi connectivity index (χ1) is 35.0. The van der Waals surface area contributed by atoms with E-state index in [-0.39, 0.29) is 12.5 Å². The van der Waals surface area contributed by atoms with Crippen LogP contribution in [0.15, 0.2) is 72.9 Å². The molecule has 3 unspecified atom stereocenters. The van der Waals surface area contributed by atoms with E-state index in [4.69, 9.17) is 9.05 Å². The Labute approximate surface area is 446 Å². The molecule has 0 aliphatic heterocycles. The highest BCUT2D eigenvalue weighted by Gasteiger charge is 2.23. The third-order valence-corrected chi connectivity index (χ3v) is 14.3. The minimum atomic E-state index is -4.62. The molecule has 2 N–H and O–H groups in total. The lowest BCUT2D eigenvalue weighted by molar-refractivity contribution is -0.870. The number of allylic oxidation sites excluding steroid dienone is 11. The van der Waals surface area contributed by atoms with Crippen molar-refractivity contribution >= 4 is 13.7 Å². The molecule has 0 heterocycles. The maximum Gasteiger partial charge on any atom is 0.268 e. The number of rotatable bonds is 55. The number of aliphatic hydroxyl groups excluding tert-OH is 1. The number of unbranched alkanes of at least 4 members (excludes halogenated alkanes) is 32. The normalized spacial score (nSPS) is 14.4. The second-order valence-electron chi connectivity index (χ2n) is 21.7. The number of hydrogen-bond donors (Lipinski definition) is 2. The van der Waals surface area contributed by atoms with E-state index in [1.165, 1.54) is 193 Å². The Kier molecular flexibility index (Phi) is 52.2. The van der Waals surface area contributed by atoms with E-state index >= 15 is 0 Å². The van der Waals surface area contributed by atoms with Crippen LogP contribution in [-0.2, 0) is 18.4 Å². The summed E-state index contributed by atoms with van der Waals surface area (Å²) in [5, 5.41) is 13.9. The van der Waals surface area contributed by atoms with Gasteiger partial charge in [-0.3, -0.25) is 9.36 Å². The standard InChI is InChI=1S/C63H117N2O6P/c1-6-8-10-12-14-16-18-20-22-24-26-28-30-32-34-36-38-40-42-44-46-48-50-52-54-56-62(66)61(60-71-72(68,69)70-59-58-65(3,4)5)64-63(67)57-55-53-51-49-47-45-43-41-39-37-35-33-31-29-27-25-23-21-19-17-15-13-11-9-7-2/h19,21,25,27,31,33,38,40,46,48,54,56,61-62,66H,6-18,20,22-24,26,28-30,32,34-37,39,41-45,47,49-53,55,57-60H2,1-5H3,(H-,64,67,68,69)/b21-19-,27-25-,33-31-,40-38+,48-46+,56-54+. The Morgan fingerprint density at radius 3 is 1.22 bits per heavy atom. The van der Waals surface area contributed by atoms with Crippen molar-refractivity contribution in [3.05, 3.63) is 72.9 Å². The largest absolute Gasteiger partial charge is 0.756 e. The van der Waals surface area contributed by atoms with Crippen molar-refractivity contribution in [2.75, 3.05) is 40.9 Å². The van der Waals surface area contributed by atoms with E-state index in [0.717, 1.165) is 57.8 Å². The predicted octanol–water partition coefficient (Wildman–Crippen LogP) is 18.0. The van der Waals surface area contributed by atoms with E-state index < -0.39 is 26.6 Å². The quantitative estimate of drug-likeness (QED) is 0.0272. The van der Waals surface area contributed by atoms with Crippen LogP contribution in [0.5, 0.6) is 0 Å². The van der Waals surface area contributed by atoms with Gasteiger partial charge in [-0.1, -0.05) is 254 Å². The van der Waals surface area contributed by atoms with Gasteiger partial charge in [-0.25, -0.2) is 0 Å². The number of nitrogens with zero attached hydrogens (tertiary/aromatic N) is 1. The smallest absolute Gasteiger partial charge is 0.268 e. The van der Waals surface area contributed by atoms with Crippen molar-refractivity contribution in [1.29, 1.82) is 0 Å². The topological polar surface area (TPSA) is 108 Å². The summed E-state index contributed by atoms with van der Waals surface area (Å²) in [6, 6.07) is -0.917. The molecule has 0 aromatic carbocycles. The summed E-state index contributed by atoms with van der Waals surface area (Å²) in [5.74, 6) is -0.215. The van der Waals surface area contributed by atoms with Crippen LogP contribution in [0.3, 0.4) is 0 Å². The lowest BCUT2D eigenvalue weighted by Gasteiger charge is -2.29. The maximum atomic E-state index is 13.0. The molecule has 0 aliphatic carbocycles. The summed E-state index contributed by atoms with van der Waals surface area (Å²) in [7, 11) is 1.23. The van der Waals surface area contributed by atoms with E-state index in [0.29, 0.717) is 17.4 Å². The van der Waals surface area contributed by atoms with Gasteiger partial charge in [0.05, 0.1) is 39.9 Å². The molecule has 0 spiro atoms. The van der Waals surface area contributed by atoms with Gasteiger partial charge in [-0.05, 0) is 83.5 Å². The first kappa shape index (κ1) is 69.9. The summed E-state index contributed by atoms with van der Waals surface area (Å²) in [4.78, 5) is 25.5. The molecular formula is C63H117N2O6P. The minimum Gasteiger partial charge on any atom is -0.756 e. The number of amides is 1. The second kappa shape index (κ2) is 53.8. The van der Waals surface area contributed by atoms with Crippen molar-refractivity contribution in [2.45, 2.75) is 283 Å². The average Bonchev–Trinajstić information content (AvgIpc) is 3.34. The molecule has 0 radical (unpaired) electrons. The SMILES string of the molecule is CCCCCCC/C=C\C/C=C\C/C=C\CCCCCCCCCCCCC(=O)NC(COP(=O)([O-])OCC[N+](C)(C)C)C(O)/C=C/CC/C=C/CC/C=C/CCCCCCCCCCCCCCCCC. The number of carbonyl (C=O) groups excluding carboxylic acids is 1. The fraction of sp³-hybridized carbons (Fsp3) is 0.794. The molecule has 0 aliphatic rings. The Morgan fingerprint density at radius 1 is 0.486 bits per heavy atom. The van der Waals surface area contributed by atoms with Gasteiger partial charge in [0.15, 0.2) is 0 Å². The highest BCUT2D eigenvalue weighted by Crippen LogP contribution is 2.38. The maximum absolute atomic E-state index is 13.0. The van der Waals surface area contributed by atoms with Gasteiger partial charge >= 0.3 is 0 Å². The molecular weight excluding hydrogens is 912 g/mol. The first-order valence-corrected chi connectivity index (χ1v) is 31.8. The molecule has 3 atom stereocenters. The van der Waals surface area contributed by atoms with Crippen molar-refractivity contribution in [3.8, 4) is 0 Å². The van der Waals surface area contributed by atoms with Crippen molar-refractivity contribution in [2.24, 2.45) is 0 Å². The number of nitrogens with one attached hydrogen (secondary N) is 1. The van der Waals surface area contributed by atoms with Gasteiger partial charge in [0.25, 0.3) is 7.82 Å². The summed E-state index contributed by atoms with van der Waals surface area (Å²) >= 11 is 0.